The van der Waals surface area contributed by atoms with Crippen LogP contribution >= 0.6 is 0 Å². The molecule has 7 heteroatoms. The molecular formula is C12H18F3N3O. The third-order valence-corrected chi connectivity index (χ3v) is 2.50. The van der Waals surface area contributed by atoms with Gasteiger partial charge in [-0.1, -0.05) is 0 Å². The summed E-state index contributed by atoms with van der Waals surface area (Å²) < 4.78 is 41.2. The molecule has 0 aliphatic heterocycles. The van der Waals surface area contributed by atoms with E-state index in [9.17, 15) is 13.2 Å². The summed E-state index contributed by atoms with van der Waals surface area (Å²) >= 11 is 0. The van der Waals surface area contributed by atoms with Crippen molar-refractivity contribution in [2.24, 2.45) is 0 Å². The van der Waals surface area contributed by atoms with Crippen molar-refractivity contribution >= 4 is 5.82 Å². The Morgan fingerprint density at radius 2 is 2.00 bits per heavy atom. The molecule has 0 bridgehead atoms. The maximum absolute atomic E-state index is 12.0. The maximum atomic E-state index is 12.0. The van der Waals surface area contributed by atoms with E-state index in [1.54, 1.807) is 0 Å². The molecule has 0 spiro atoms. The summed E-state index contributed by atoms with van der Waals surface area (Å²) in [5.41, 5.74) is 0.764. The van der Waals surface area contributed by atoms with Crippen molar-refractivity contribution in [3.05, 3.63) is 11.9 Å². The number of hydrogen-bond acceptors (Lipinski definition) is 4. The van der Waals surface area contributed by atoms with Crippen molar-refractivity contribution < 1.29 is 17.9 Å². The Morgan fingerprint density at radius 1 is 1.26 bits per heavy atom. The van der Waals surface area contributed by atoms with Crippen molar-refractivity contribution in [2.75, 3.05) is 18.5 Å². The number of nitrogens with one attached hydrogen (secondary N) is 1. The predicted molar refractivity (Wildman–Crippen MR) is 66.3 cm³/mol. The molecule has 1 aromatic rings. The van der Waals surface area contributed by atoms with Gasteiger partial charge in [-0.05, 0) is 26.7 Å². The van der Waals surface area contributed by atoms with Crippen molar-refractivity contribution in [1.82, 2.24) is 9.97 Å². The molecule has 1 rings (SSSR count). The van der Waals surface area contributed by atoms with Crippen LogP contribution in [0.2, 0.25) is 0 Å². The van der Waals surface area contributed by atoms with Crippen LogP contribution in [-0.2, 0) is 0 Å². The minimum atomic E-state index is -4.08. The summed E-state index contributed by atoms with van der Waals surface area (Å²) in [5.74, 6) is 1.10. The van der Waals surface area contributed by atoms with Gasteiger partial charge in [0.15, 0.2) is 0 Å². The minimum absolute atomic E-state index is 0.110. The molecule has 1 aromatic heterocycles. The molecule has 1 heterocycles. The molecule has 0 atom stereocenters. The molecule has 0 unspecified atom stereocenters. The van der Waals surface area contributed by atoms with E-state index in [0.717, 1.165) is 5.56 Å². The monoisotopic (exact) mass is 277 g/mol. The zero-order valence-corrected chi connectivity index (χ0v) is 11.0. The number of unbranched alkanes of at least 4 members (excludes halogenated alkanes) is 1. The van der Waals surface area contributed by atoms with Crippen molar-refractivity contribution in [1.29, 1.82) is 0 Å². The molecule has 0 aliphatic rings. The van der Waals surface area contributed by atoms with Gasteiger partial charge in [-0.2, -0.15) is 13.2 Å². The van der Waals surface area contributed by atoms with Gasteiger partial charge in [0.25, 0.3) is 0 Å². The Balaban J connectivity index is 2.39. The molecule has 0 saturated heterocycles. The number of nitrogens with zero attached hydrogens (tertiary/aromatic N) is 2. The number of alkyl halides is 3. The first-order valence-electron chi connectivity index (χ1n) is 6.19. The Morgan fingerprint density at radius 3 is 2.63 bits per heavy atom. The Bertz CT molecular complexity index is 396. The van der Waals surface area contributed by atoms with E-state index in [0.29, 0.717) is 31.3 Å². The van der Waals surface area contributed by atoms with Gasteiger partial charge in [-0.3, -0.25) is 0 Å². The molecule has 0 aliphatic carbocycles. The quantitative estimate of drug-likeness (QED) is 0.777. The number of rotatable bonds is 7. The van der Waals surface area contributed by atoms with Gasteiger partial charge >= 0.3 is 6.18 Å². The first kappa shape index (κ1) is 15.5. The molecule has 0 aromatic carbocycles. The second kappa shape index (κ2) is 7.16. The van der Waals surface area contributed by atoms with Crippen LogP contribution in [-0.4, -0.2) is 29.3 Å². The smallest absolute Gasteiger partial charge is 0.389 e. The van der Waals surface area contributed by atoms with Gasteiger partial charge in [0, 0.05) is 13.0 Å². The van der Waals surface area contributed by atoms with Gasteiger partial charge in [0.05, 0.1) is 12.2 Å². The van der Waals surface area contributed by atoms with E-state index in [1.165, 1.54) is 6.33 Å². The minimum Gasteiger partial charge on any atom is -0.478 e. The maximum Gasteiger partial charge on any atom is 0.389 e. The van der Waals surface area contributed by atoms with Gasteiger partial charge in [0.2, 0.25) is 5.88 Å². The number of halogens is 3. The highest BCUT2D eigenvalue weighted by Crippen LogP contribution is 2.23. The van der Waals surface area contributed by atoms with E-state index >= 15 is 0 Å². The SMILES string of the molecule is CCOc1ncnc(NCCCCC(F)(F)F)c1C. The first-order valence-corrected chi connectivity index (χ1v) is 6.19. The van der Waals surface area contributed by atoms with Crippen molar-refractivity contribution in [2.45, 2.75) is 39.3 Å². The van der Waals surface area contributed by atoms with E-state index < -0.39 is 12.6 Å². The van der Waals surface area contributed by atoms with Crippen LogP contribution < -0.4 is 10.1 Å². The summed E-state index contributed by atoms with van der Waals surface area (Å²) in [6.07, 6.45) is -2.91. The van der Waals surface area contributed by atoms with E-state index in [2.05, 4.69) is 15.3 Å². The fraction of sp³-hybridized carbons (Fsp3) is 0.667. The number of hydrogen-bond donors (Lipinski definition) is 1. The lowest BCUT2D eigenvalue weighted by atomic mass is 10.2. The predicted octanol–water partition coefficient (Wildman–Crippen LogP) is 3.33. The van der Waals surface area contributed by atoms with Gasteiger partial charge in [0.1, 0.15) is 12.1 Å². The Labute approximate surface area is 110 Å². The van der Waals surface area contributed by atoms with Crippen LogP contribution in [0, 0.1) is 6.92 Å². The third kappa shape index (κ3) is 5.76. The zero-order valence-electron chi connectivity index (χ0n) is 11.0. The summed E-state index contributed by atoms with van der Waals surface area (Å²) in [7, 11) is 0. The highest BCUT2D eigenvalue weighted by atomic mass is 19.4. The van der Waals surface area contributed by atoms with Crippen molar-refractivity contribution in [3.8, 4) is 5.88 Å². The average molecular weight is 277 g/mol. The summed E-state index contributed by atoms with van der Waals surface area (Å²) in [5, 5.41) is 3.00. The summed E-state index contributed by atoms with van der Waals surface area (Å²) in [6.45, 7) is 4.61. The standard InChI is InChI=1S/C12H18F3N3O/c1-3-19-11-9(2)10(17-8-18-11)16-7-5-4-6-12(13,14)15/h8H,3-7H2,1-2H3,(H,16,17,18). The fourth-order valence-corrected chi connectivity index (χ4v) is 1.55. The van der Waals surface area contributed by atoms with E-state index in [4.69, 9.17) is 4.74 Å². The molecule has 4 nitrogen and oxygen atoms in total. The van der Waals surface area contributed by atoms with Crippen LogP contribution in [0.25, 0.3) is 0 Å². The largest absolute Gasteiger partial charge is 0.478 e. The van der Waals surface area contributed by atoms with E-state index in [-0.39, 0.29) is 6.42 Å². The molecule has 0 radical (unpaired) electrons. The van der Waals surface area contributed by atoms with Gasteiger partial charge in [-0.15, -0.1) is 0 Å². The molecule has 0 amide bonds. The summed E-state index contributed by atoms with van der Waals surface area (Å²) in [4.78, 5) is 8.03. The van der Waals surface area contributed by atoms with Crippen molar-refractivity contribution in [3.63, 3.8) is 0 Å². The van der Waals surface area contributed by atoms with Crippen LogP contribution in [0.4, 0.5) is 19.0 Å². The van der Waals surface area contributed by atoms with Gasteiger partial charge < -0.3 is 10.1 Å². The average Bonchev–Trinajstić information content (AvgIpc) is 2.32. The molecule has 1 N–H and O–H groups in total. The normalized spacial score (nSPS) is 11.4. The number of anilines is 1. The molecule has 19 heavy (non-hydrogen) atoms. The molecule has 108 valence electrons. The molecule has 0 saturated carbocycles. The first-order chi connectivity index (χ1) is 8.94. The Kier molecular flexibility index (Phi) is 5.85. The second-order valence-electron chi connectivity index (χ2n) is 4.08. The van der Waals surface area contributed by atoms with E-state index in [1.807, 2.05) is 13.8 Å². The highest BCUT2D eigenvalue weighted by molar-refractivity contribution is 5.47. The molecule has 0 fully saturated rings. The second-order valence-corrected chi connectivity index (χ2v) is 4.08. The number of ether oxygens (including phenoxy) is 1. The third-order valence-electron chi connectivity index (χ3n) is 2.50. The van der Waals surface area contributed by atoms with Crippen LogP contribution in [0.5, 0.6) is 5.88 Å². The topological polar surface area (TPSA) is 47.0 Å². The van der Waals surface area contributed by atoms with Gasteiger partial charge in [-0.25, -0.2) is 9.97 Å². The fourth-order valence-electron chi connectivity index (χ4n) is 1.55. The van der Waals surface area contributed by atoms with Crippen LogP contribution in [0.1, 0.15) is 31.7 Å². The van der Waals surface area contributed by atoms with Crippen LogP contribution in [0.3, 0.4) is 0 Å². The lowest BCUT2D eigenvalue weighted by molar-refractivity contribution is -0.135. The molecular weight excluding hydrogens is 259 g/mol. The number of aromatic nitrogens is 2. The summed E-state index contributed by atoms with van der Waals surface area (Å²) in [6, 6.07) is 0. The lowest BCUT2D eigenvalue weighted by Crippen LogP contribution is -2.10. The van der Waals surface area contributed by atoms with Crippen LogP contribution in [0.15, 0.2) is 6.33 Å². The highest BCUT2D eigenvalue weighted by Gasteiger charge is 2.25. The Hall–Kier alpha value is -1.53. The zero-order chi connectivity index (χ0) is 14.3. The lowest BCUT2D eigenvalue weighted by Gasteiger charge is -2.11.